The molecule has 2 atom stereocenters. The van der Waals surface area contributed by atoms with E-state index in [2.05, 4.69) is 10.2 Å². The molecule has 2 fully saturated rings. The number of nitrogens with zero attached hydrogens (tertiary/aromatic N) is 2. The van der Waals surface area contributed by atoms with E-state index in [1.165, 1.54) is 6.92 Å². The van der Waals surface area contributed by atoms with E-state index in [9.17, 15) is 14.0 Å². The average Bonchev–Trinajstić information content (AvgIpc) is 3.22. The van der Waals surface area contributed by atoms with E-state index in [0.717, 1.165) is 38.2 Å². The highest BCUT2D eigenvalue weighted by atomic mass is 19.1. The molecule has 2 aliphatic heterocycles. The fourth-order valence-corrected chi connectivity index (χ4v) is 3.78. The minimum atomic E-state index is -0.998. The zero-order chi connectivity index (χ0) is 17.8. The van der Waals surface area contributed by atoms with Crippen LogP contribution in [0.4, 0.5) is 4.39 Å². The van der Waals surface area contributed by atoms with Crippen LogP contribution in [0.3, 0.4) is 0 Å². The van der Waals surface area contributed by atoms with Crippen LogP contribution in [0.5, 0.6) is 0 Å². The van der Waals surface area contributed by atoms with E-state index in [4.69, 9.17) is 4.42 Å². The fraction of sp³-hybridized carbons (Fsp3) is 0.667. The Hall–Kier alpha value is -1.89. The maximum atomic E-state index is 13.8. The van der Waals surface area contributed by atoms with Crippen molar-refractivity contribution in [3.05, 3.63) is 24.2 Å². The smallest absolute Gasteiger partial charge is 0.226 e. The maximum absolute atomic E-state index is 13.8. The summed E-state index contributed by atoms with van der Waals surface area (Å²) in [5.74, 6) is 0.757. The molecule has 1 N–H and O–H groups in total. The van der Waals surface area contributed by atoms with Gasteiger partial charge in [-0.2, -0.15) is 0 Å². The molecule has 2 saturated heterocycles. The number of likely N-dealkylation sites (tertiary alicyclic amines) is 2. The first-order valence-electron chi connectivity index (χ1n) is 8.96. The number of carbonyl (C=O) groups excluding carboxylic acids is 2. The molecular formula is C18H26FN3O3. The third kappa shape index (κ3) is 4.60. The molecule has 0 unspecified atom stereocenters. The molecule has 1 aromatic heterocycles. The Kier molecular flexibility index (Phi) is 5.73. The van der Waals surface area contributed by atoms with Gasteiger partial charge in [-0.3, -0.25) is 14.5 Å². The Labute approximate surface area is 147 Å². The van der Waals surface area contributed by atoms with Crippen LogP contribution in [0, 0.1) is 5.92 Å². The molecule has 0 saturated carbocycles. The number of hydrogen-bond donors (Lipinski definition) is 1. The van der Waals surface area contributed by atoms with Gasteiger partial charge >= 0.3 is 0 Å². The zero-order valence-corrected chi connectivity index (χ0v) is 14.6. The highest BCUT2D eigenvalue weighted by Gasteiger charge is 2.38. The topological polar surface area (TPSA) is 65.8 Å². The highest BCUT2D eigenvalue weighted by Crippen LogP contribution is 2.27. The third-order valence-electron chi connectivity index (χ3n) is 5.13. The summed E-state index contributed by atoms with van der Waals surface area (Å²) in [7, 11) is 0. The lowest BCUT2D eigenvalue weighted by Gasteiger charge is -2.34. The van der Waals surface area contributed by atoms with Crippen LogP contribution in [-0.2, 0) is 16.1 Å². The van der Waals surface area contributed by atoms with Crippen LogP contribution in [0.15, 0.2) is 22.8 Å². The van der Waals surface area contributed by atoms with Crippen molar-refractivity contribution in [2.45, 2.75) is 44.9 Å². The molecule has 3 heterocycles. The molecule has 7 heteroatoms. The second-order valence-corrected chi connectivity index (χ2v) is 7.04. The lowest BCUT2D eigenvalue weighted by Crippen LogP contribution is -2.47. The number of hydrogen-bond acceptors (Lipinski definition) is 4. The van der Waals surface area contributed by atoms with Gasteiger partial charge in [0, 0.05) is 25.8 Å². The largest absolute Gasteiger partial charge is 0.468 e. The van der Waals surface area contributed by atoms with Gasteiger partial charge in [-0.1, -0.05) is 0 Å². The summed E-state index contributed by atoms with van der Waals surface area (Å²) < 4.78 is 19.2. The molecule has 3 rings (SSSR count). The molecule has 25 heavy (non-hydrogen) atoms. The lowest BCUT2D eigenvalue weighted by molar-refractivity contribution is -0.138. The Morgan fingerprint density at radius 3 is 2.76 bits per heavy atom. The number of amides is 2. The van der Waals surface area contributed by atoms with Crippen molar-refractivity contribution in [3.63, 3.8) is 0 Å². The van der Waals surface area contributed by atoms with E-state index in [0.29, 0.717) is 13.0 Å². The van der Waals surface area contributed by atoms with Crippen molar-refractivity contribution in [1.29, 1.82) is 0 Å². The van der Waals surface area contributed by atoms with Crippen LogP contribution >= 0.6 is 0 Å². The molecule has 138 valence electrons. The fourth-order valence-electron chi connectivity index (χ4n) is 3.78. The van der Waals surface area contributed by atoms with Crippen LogP contribution in [0.1, 0.15) is 31.9 Å². The second kappa shape index (κ2) is 7.99. The Morgan fingerprint density at radius 2 is 2.12 bits per heavy atom. The molecule has 0 spiro atoms. The number of halogens is 1. The first kappa shape index (κ1) is 17.9. The summed E-state index contributed by atoms with van der Waals surface area (Å²) in [6, 6.07) is 3.60. The van der Waals surface area contributed by atoms with Crippen molar-refractivity contribution in [1.82, 2.24) is 15.1 Å². The molecule has 2 aliphatic rings. The van der Waals surface area contributed by atoms with Gasteiger partial charge in [0.25, 0.3) is 0 Å². The van der Waals surface area contributed by atoms with E-state index in [-0.39, 0.29) is 30.3 Å². The Balaban J connectivity index is 1.51. The molecule has 6 nitrogen and oxygen atoms in total. The third-order valence-corrected chi connectivity index (χ3v) is 5.13. The van der Waals surface area contributed by atoms with Gasteiger partial charge < -0.3 is 14.6 Å². The SMILES string of the molecule is CC(=O)NC[C@@H]1C[C@H](F)CN1C(=O)C1CCN(Cc2ccco2)CC1. The summed E-state index contributed by atoms with van der Waals surface area (Å²) in [5.41, 5.74) is 0. The van der Waals surface area contributed by atoms with Crippen LogP contribution in [0.2, 0.25) is 0 Å². The molecule has 0 aromatic carbocycles. The Morgan fingerprint density at radius 1 is 1.36 bits per heavy atom. The standard InChI is InChI=1S/C18H26FN3O3/c1-13(23)20-10-16-9-15(19)11-22(16)18(24)14-4-6-21(7-5-14)12-17-3-2-8-25-17/h2-3,8,14-16H,4-7,9-12H2,1H3,(H,20,23)/t15-,16-/m0/s1. The van der Waals surface area contributed by atoms with E-state index in [1.807, 2.05) is 12.1 Å². The Bertz CT molecular complexity index is 584. The van der Waals surface area contributed by atoms with Gasteiger partial charge in [0.15, 0.2) is 0 Å². The first-order chi connectivity index (χ1) is 12.0. The maximum Gasteiger partial charge on any atom is 0.226 e. The number of carbonyl (C=O) groups is 2. The molecule has 0 radical (unpaired) electrons. The minimum absolute atomic E-state index is 0.0353. The van der Waals surface area contributed by atoms with Crippen molar-refractivity contribution in [2.75, 3.05) is 26.2 Å². The average molecular weight is 351 g/mol. The molecular weight excluding hydrogens is 325 g/mol. The van der Waals surface area contributed by atoms with E-state index < -0.39 is 6.17 Å². The van der Waals surface area contributed by atoms with Gasteiger partial charge in [0.2, 0.25) is 11.8 Å². The normalized spacial score (nSPS) is 25.3. The van der Waals surface area contributed by atoms with E-state index in [1.54, 1.807) is 11.2 Å². The van der Waals surface area contributed by atoms with Gasteiger partial charge in [0.05, 0.1) is 25.4 Å². The van der Waals surface area contributed by atoms with Crippen molar-refractivity contribution in [2.24, 2.45) is 5.92 Å². The molecule has 2 amide bonds. The predicted molar refractivity (Wildman–Crippen MR) is 90.4 cm³/mol. The monoisotopic (exact) mass is 351 g/mol. The van der Waals surface area contributed by atoms with Gasteiger partial charge in [-0.05, 0) is 38.1 Å². The first-order valence-corrected chi connectivity index (χ1v) is 8.96. The predicted octanol–water partition coefficient (Wildman–Crippen LogP) is 1.57. The minimum Gasteiger partial charge on any atom is -0.468 e. The summed E-state index contributed by atoms with van der Waals surface area (Å²) in [6.45, 7) is 4.34. The quantitative estimate of drug-likeness (QED) is 0.874. The van der Waals surface area contributed by atoms with Gasteiger partial charge in [-0.25, -0.2) is 4.39 Å². The number of nitrogens with one attached hydrogen (secondary N) is 1. The van der Waals surface area contributed by atoms with Crippen LogP contribution in [0.25, 0.3) is 0 Å². The van der Waals surface area contributed by atoms with Crippen LogP contribution in [-0.4, -0.2) is 60.0 Å². The van der Waals surface area contributed by atoms with Crippen molar-refractivity contribution in [3.8, 4) is 0 Å². The second-order valence-electron chi connectivity index (χ2n) is 7.04. The summed E-state index contributed by atoms with van der Waals surface area (Å²) in [4.78, 5) is 27.9. The number of rotatable bonds is 5. The van der Waals surface area contributed by atoms with E-state index >= 15 is 0 Å². The highest BCUT2D eigenvalue weighted by molar-refractivity contribution is 5.80. The number of furan rings is 1. The zero-order valence-electron chi connectivity index (χ0n) is 14.6. The summed E-state index contributed by atoms with van der Waals surface area (Å²) in [6.07, 6.45) is 2.53. The van der Waals surface area contributed by atoms with Crippen molar-refractivity contribution >= 4 is 11.8 Å². The van der Waals surface area contributed by atoms with Gasteiger partial charge in [-0.15, -0.1) is 0 Å². The van der Waals surface area contributed by atoms with Crippen molar-refractivity contribution < 1.29 is 18.4 Å². The molecule has 0 bridgehead atoms. The number of piperidine rings is 1. The van der Waals surface area contributed by atoms with Gasteiger partial charge in [0.1, 0.15) is 11.9 Å². The lowest BCUT2D eigenvalue weighted by atomic mass is 9.95. The van der Waals surface area contributed by atoms with Crippen LogP contribution < -0.4 is 5.32 Å². The number of alkyl halides is 1. The molecule has 1 aromatic rings. The molecule has 0 aliphatic carbocycles. The summed E-state index contributed by atoms with van der Waals surface area (Å²) in [5, 5.41) is 2.71. The summed E-state index contributed by atoms with van der Waals surface area (Å²) >= 11 is 0.